The van der Waals surface area contributed by atoms with Gasteiger partial charge < -0.3 is 9.47 Å². The highest BCUT2D eigenvalue weighted by atomic mass is 16.5. The molecule has 41 heavy (non-hydrogen) atoms. The van der Waals surface area contributed by atoms with Crippen molar-refractivity contribution in [2.24, 2.45) is 5.10 Å². The van der Waals surface area contributed by atoms with Gasteiger partial charge in [-0.1, -0.05) is 63.2 Å². The largest absolute Gasteiger partial charge is 0.494 e. The lowest BCUT2D eigenvalue weighted by atomic mass is 9.96. The maximum absolute atomic E-state index is 14.0. The van der Waals surface area contributed by atoms with Crippen molar-refractivity contribution in [3.63, 3.8) is 0 Å². The van der Waals surface area contributed by atoms with E-state index in [-0.39, 0.29) is 17.6 Å². The Kier molecular flexibility index (Phi) is 8.20. The first-order valence-electron chi connectivity index (χ1n) is 14.3. The molecule has 1 aromatic heterocycles. The number of aromatic nitrogens is 2. The number of rotatable bonds is 9. The standard InChI is InChI=1S/C35H37N3O3/c1-7-24(6)41-32-18-17-25-13-9-10-14-26(25)30(32)21-36-38-34(37-31-16-12-11-15-27(31)35(38)39)29-20-28(22(3)4)33(40-8-2)19-23(29)5/h9-22,24H,7-8H2,1-6H3/t24-/m1/s1. The van der Waals surface area contributed by atoms with Crippen molar-refractivity contribution in [2.45, 2.75) is 60.0 Å². The lowest BCUT2D eigenvalue weighted by molar-refractivity contribution is 0.217. The van der Waals surface area contributed by atoms with E-state index in [0.29, 0.717) is 23.3 Å². The van der Waals surface area contributed by atoms with Crippen molar-refractivity contribution in [1.29, 1.82) is 0 Å². The van der Waals surface area contributed by atoms with E-state index in [1.54, 1.807) is 12.3 Å². The molecule has 0 spiro atoms. The maximum atomic E-state index is 14.0. The van der Waals surface area contributed by atoms with Crippen LogP contribution in [-0.2, 0) is 0 Å². The van der Waals surface area contributed by atoms with E-state index in [9.17, 15) is 4.79 Å². The SMILES string of the molecule is CCOc1cc(C)c(-c2nc3ccccc3c(=O)n2N=Cc2c(O[C@H](C)CC)ccc3ccccc23)cc1C(C)C. The molecule has 6 nitrogen and oxygen atoms in total. The molecule has 6 heteroatoms. The summed E-state index contributed by atoms with van der Waals surface area (Å²) in [7, 11) is 0. The summed E-state index contributed by atoms with van der Waals surface area (Å²) in [5.41, 5.74) is 4.07. The van der Waals surface area contributed by atoms with Gasteiger partial charge in [-0.05, 0) is 85.3 Å². The minimum Gasteiger partial charge on any atom is -0.494 e. The van der Waals surface area contributed by atoms with Gasteiger partial charge in [-0.25, -0.2) is 4.98 Å². The number of nitrogens with zero attached hydrogens (tertiary/aromatic N) is 3. The van der Waals surface area contributed by atoms with E-state index in [1.807, 2.05) is 69.3 Å². The van der Waals surface area contributed by atoms with Crippen LogP contribution in [0.4, 0.5) is 0 Å². The fourth-order valence-corrected chi connectivity index (χ4v) is 5.00. The van der Waals surface area contributed by atoms with Crippen LogP contribution >= 0.6 is 0 Å². The zero-order valence-corrected chi connectivity index (χ0v) is 24.6. The zero-order valence-electron chi connectivity index (χ0n) is 24.6. The Labute approximate surface area is 241 Å². The maximum Gasteiger partial charge on any atom is 0.282 e. The van der Waals surface area contributed by atoms with Crippen LogP contribution in [-0.4, -0.2) is 28.6 Å². The molecule has 0 fully saturated rings. The topological polar surface area (TPSA) is 65.7 Å². The van der Waals surface area contributed by atoms with Crippen molar-refractivity contribution in [3.8, 4) is 22.9 Å². The Balaban J connectivity index is 1.77. The van der Waals surface area contributed by atoms with Crippen molar-refractivity contribution < 1.29 is 9.47 Å². The predicted octanol–water partition coefficient (Wildman–Crippen LogP) is 8.11. The van der Waals surface area contributed by atoms with Crippen LogP contribution < -0.4 is 15.0 Å². The van der Waals surface area contributed by atoms with Crippen LogP contribution in [0, 0.1) is 6.92 Å². The van der Waals surface area contributed by atoms with E-state index < -0.39 is 0 Å². The summed E-state index contributed by atoms with van der Waals surface area (Å²) in [6, 6.07) is 23.7. The minimum absolute atomic E-state index is 0.0323. The number of fused-ring (bicyclic) bond motifs is 2. The number of para-hydroxylation sites is 1. The number of ether oxygens (including phenoxy) is 2. The molecule has 0 saturated carbocycles. The minimum atomic E-state index is -0.231. The van der Waals surface area contributed by atoms with Crippen LogP contribution in [0.15, 0.2) is 82.7 Å². The Morgan fingerprint density at radius 2 is 1.66 bits per heavy atom. The zero-order chi connectivity index (χ0) is 29.1. The quantitative estimate of drug-likeness (QED) is 0.175. The summed E-state index contributed by atoms with van der Waals surface area (Å²) in [5.74, 6) is 2.28. The molecule has 5 aromatic rings. The third kappa shape index (κ3) is 5.60. The summed E-state index contributed by atoms with van der Waals surface area (Å²) in [6.07, 6.45) is 2.63. The van der Waals surface area contributed by atoms with Gasteiger partial charge in [0, 0.05) is 11.1 Å². The number of benzene rings is 4. The van der Waals surface area contributed by atoms with Gasteiger partial charge in [-0.2, -0.15) is 9.78 Å². The van der Waals surface area contributed by atoms with Gasteiger partial charge in [-0.15, -0.1) is 0 Å². The van der Waals surface area contributed by atoms with E-state index in [2.05, 4.69) is 39.0 Å². The van der Waals surface area contributed by atoms with Gasteiger partial charge in [-0.3, -0.25) is 4.79 Å². The van der Waals surface area contributed by atoms with Gasteiger partial charge >= 0.3 is 0 Å². The molecule has 0 bridgehead atoms. The highest BCUT2D eigenvalue weighted by Gasteiger charge is 2.19. The molecule has 1 atom stereocenters. The van der Waals surface area contributed by atoms with Crippen LogP contribution in [0.2, 0.25) is 0 Å². The molecule has 0 aliphatic carbocycles. The summed E-state index contributed by atoms with van der Waals surface area (Å²) >= 11 is 0. The number of hydrogen-bond acceptors (Lipinski definition) is 5. The van der Waals surface area contributed by atoms with Crippen LogP contribution in [0.5, 0.6) is 11.5 Å². The summed E-state index contributed by atoms with van der Waals surface area (Å²) in [6.45, 7) is 13.0. The average Bonchev–Trinajstić information content (AvgIpc) is 2.97. The van der Waals surface area contributed by atoms with Crippen LogP contribution in [0.1, 0.15) is 63.6 Å². The Hall–Kier alpha value is -4.45. The first-order chi connectivity index (χ1) is 19.8. The van der Waals surface area contributed by atoms with Gasteiger partial charge in [0.05, 0.1) is 29.8 Å². The van der Waals surface area contributed by atoms with E-state index in [1.165, 1.54) is 4.68 Å². The number of hydrogen-bond donors (Lipinski definition) is 0. The summed E-state index contributed by atoms with van der Waals surface area (Å²) in [4.78, 5) is 18.9. The molecule has 210 valence electrons. The summed E-state index contributed by atoms with van der Waals surface area (Å²) < 4.78 is 13.7. The molecular weight excluding hydrogens is 510 g/mol. The highest BCUT2D eigenvalue weighted by molar-refractivity contribution is 6.02. The molecule has 5 rings (SSSR count). The lowest BCUT2D eigenvalue weighted by Crippen LogP contribution is -2.21. The number of aryl methyl sites for hydroxylation is 1. The Bertz CT molecular complexity index is 1800. The van der Waals surface area contributed by atoms with Crippen molar-refractivity contribution in [2.75, 3.05) is 6.61 Å². The Morgan fingerprint density at radius 3 is 2.39 bits per heavy atom. The first-order valence-corrected chi connectivity index (χ1v) is 14.3. The average molecular weight is 548 g/mol. The molecule has 0 radical (unpaired) electrons. The van der Waals surface area contributed by atoms with Crippen molar-refractivity contribution in [3.05, 3.63) is 99.8 Å². The second kappa shape index (κ2) is 12.0. The van der Waals surface area contributed by atoms with E-state index >= 15 is 0 Å². The van der Waals surface area contributed by atoms with E-state index in [0.717, 1.165) is 50.9 Å². The monoisotopic (exact) mass is 547 g/mol. The first kappa shape index (κ1) is 28.1. The van der Waals surface area contributed by atoms with E-state index in [4.69, 9.17) is 19.6 Å². The van der Waals surface area contributed by atoms with Crippen molar-refractivity contribution in [1.82, 2.24) is 9.66 Å². The molecule has 0 aliphatic heterocycles. The van der Waals surface area contributed by atoms with Crippen LogP contribution in [0.3, 0.4) is 0 Å². The second-order valence-electron chi connectivity index (χ2n) is 10.6. The van der Waals surface area contributed by atoms with Crippen LogP contribution in [0.25, 0.3) is 33.1 Å². The smallest absolute Gasteiger partial charge is 0.282 e. The molecule has 0 N–H and O–H groups in total. The molecule has 0 unspecified atom stereocenters. The van der Waals surface area contributed by atoms with Gasteiger partial charge in [0.25, 0.3) is 5.56 Å². The summed E-state index contributed by atoms with van der Waals surface area (Å²) in [5, 5.41) is 7.40. The molecule has 4 aromatic carbocycles. The van der Waals surface area contributed by atoms with Crippen molar-refractivity contribution >= 4 is 27.9 Å². The van der Waals surface area contributed by atoms with Gasteiger partial charge in [0.15, 0.2) is 5.82 Å². The molecular formula is C35H37N3O3. The second-order valence-corrected chi connectivity index (χ2v) is 10.6. The predicted molar refractivity (Wildman–Crippen MR) is 169 cm³/mol. The normalized spacial score (nSPS) is 12.5. The highest BCUT2D eigenvalue weighted by Crippen LogP contribution is 2.34. The molecule has 0 aliphatic rings. The molecule has 0 amide bonds. The van der Waals surface area contributed by atoms with Gasteiger partial charge in [0.2, 0.25) is 0 Å². The third-order valence-corrected chi connectivity index (χ3v) is 7.41. The Morgan fingerprint density at radius 1 is 0.927 bits per heavy atom. The van der Waals surface area contributed by atoms with Gasteiger partial charge in [0.1, 0.15) is 11.5 Å². The lowest BCUT2D eigenvalue weighted by Gasteiger charge is -2.18. The third-order valence-electron chi connectivity index (χ3n) is 7.41. The fourth-order valence-electron chi connectivity index (χ4n) is 5.00. The molecule has 0 saturated heterocycles. The molecule has 1 heterocycles. The fraction of sp³-hybridized carbons (Fsp3) is 0.286.